The Bertz CT molecular complexity index is 2460. The fourth-order valence-electron chi connectivity index (χ4n) is 9.91. The Morgan fingerprint density at radius 3 is 2.37 bits per heavy atom. The summed E-state index contributed by atoms with van der Waals surface area (Å²) in [5, 5.41) is 36.2. The number of nitro benzene ring substituents is 1. The summed E-state index contributed by atoms with van der Waals surface area (Å²) in [6.07, 6.45) is 7.88. The van der Waals surface area contributed by atoms with Crippen molar-refractivity contribution >= 4 is 23.8 Å². The quantitative estimate of drug-likeness (QED) is 0.0236. The van der Waals surface area contributed by atoms with E-state index >= 15 is 0 Å². The number of hydrogen-bond donors (Lipinski definition) is 2. The standard InChI is InChI=1S/C52H58FN3O12/c1-4-26-65-52-48(55(51(60)64-5-2)31-34-12-16-38(53)17-13-34)30-45(54-66-33-35-14-18-39(19-15-35)56(61)62)43-28-36(10-6-8-24-57)42(11-7-9-25-58)49(50(43)52)44-29-41(21-23-47(44)68-52)67-40-20-22-46(63-3)37(27-40)32-59/h4,12-23,27-29,32,36,42,48-50,57-58H,1,5-11,24-26,30-31,33H2,2-3H3. The molecule has 1 fully saturated rings. The first-order chi connectivity index (χ1) is 33.1. The molecule has 0 radical (unpaired) electrons. The molecule has 2 N–H and O–H groups in total. The topological polar surface area (TPSA) is 189 Å². The lowest BCUT2D eigenvalue weighted by molar-refractivity contribution is -0.384. The van der Waals surface area contributed by atoms with E-state index in [2.05, 4.69) is 12.7 Å². The SMILES string of the molecule is C=CCOC12Oc3ccc(Oc4ccc(OC)c(C=O)c4)cc3C3C(CCCCO)C(CCCCO)C=C(C(=NOCc4ccc([N+](=O)[O-])cc4)CC1N(Cc1ccc(F)cc1)C(=O)OCC)C32. The van der Waals surface area contributed by atoms with Crippen molar-refractivity contribution in [3.05, 3.63) is 147 Å². The minimum absolute atomic E-state index is 0.00859. The molecule has 1 heterocycles. The number of aliphatic hydroxyl groups excluding tert-OH is 2. The molecule has 0 spiro atoms. The number of carbonyl (C=O) groups excluding carboxylic acids is 2. The molecule has 2 aliphatic carbocycles. The fraction of sp³-hybridized carbons (Fsp3) is 0.404. The zero-order valence-electron chi connectivity index (χ0n) is 38.3. The second kappa shape index (κ2) is 22.9. The maximum Gasteiger partial charge on any atom is 0.410 e. The first kappa shape index (κ1) is 49.3. The summed E-state index contributed by atoms with van der Waals surface area (Å²) in [6.45, 7) is 5.77. The Morgan fingerprint density at radius 2 is 1.69 bits per heavy atom. The molecule has 360 valence electrons. The molecule has 6 atom stereocenters. The van der Waals surface area contributed by atoms with Crippen molar-refractivity contribution in [1.29, 1.82) is 0 Å². The van der Waals surface area contributed by atoms with E-state index in [1.165, 1.54) is 31.4 Å². The molecule has 0 bridgehead atoms. The number of non-ortho nitro benzene ring substituents is 1. The van der Waals surface area contributed by atoms with Gasteiger partial charge in [0.25, 0.3) is 5.69 Å². The van der Waals surface area contributed by atoms with Gasteiger partial charge < -0.3 is 38.7 Å². The van der Waals surface area contributed by atoms with Crippen LogP contribution in [0.2, 0.25) is 0 Å². The highest BCUT2D eigenvalue weighted by molar-refractivity contribution is 6.03. The van der Waals surface area contributed by atoms with Crippen molar-refractivity contribution in [1.82, 2.24) is 4.90 Å². The maximum absolute atomic E-state index is 14.5. The number of hydrogen-bond acceptors (Lipinski definition) is 13. The molecule has 68 heavy (non-hydrogen) atoms. The molecule has 0 aromatic heterocycles. The Kier molecular flexibility index (Phi) is 16.6. The monoisotopic (exact) mass is 935 g/mol. The lowest BCUT2D eigenvalue weighted by atomic mass is 9.55. The number of benzene rings is 4. The van der Waals surface area contributed by atoms with E-state index in [4.69, 9.17) is 33.7 Å². The van der Waals surface area contributed by atoms with Crippen molar-refractivity contribution < 1.29 is 57.6 Å². The number of nitro groups is 1. The minimum Gasteiger partial charge on any atom is -0.496 e. The Labute approximate surface area is 394 Å². The molecule has 6 unspecified atom stereocenters. The van der Waals surface area contributed by atoms with Crippen LogP contribution < -0.4 is 14.2 Å². The van der Waals surface area contributed by atoms with Crippen LogP contribution in [-0.2, 0) is 27.5 Å². The summed E-state index contributed by atoms with van der Waals surface area (Å²) in [4.78, 5) is 45.1. The summed E-state index contributed by atoms with van der Waals surface area (Å²) >= 11 is 0. The number of ether oxygens (including phenoxy) is 5. The molecule has 1 saturated carbocycles. The third-order valence-corrected chi connectivity index (χ3v) is 12.9. The Morgan fingerprint density at radius 1 is 0.985 bits per heavy atom. The van der Waals surface area contributed by atoms with Crippen molar-refractivity contribution in [3.63, 3.8) is 0 Å². The summed E-state index contributed by atoms with van der Waals surface area (Å²) in [7, 11) is 1.48. The number of rotatable bonds is 23. The van der Waals surface area contributed by atoms with E-state index in [-0.39, 0.29) is 63.5 Å². The van der Waals surface area contributed by atoms with Crippen LogP contribution in [0.5, 0.6) is 23.0 Å². The van der Waals surface area contributed by atoms with Gasteiger partial charge in [0.2, 0.25) is 5.79 Å². The van der Waals surface area contributed by atoms with Gasteiger partial charge in [0.1, 0.15) is 41.5 Å². The highest BCUT2D eigenvalue weighted by Crippen LogP contribution is 2.62. The first-order valence-corrected chi connectivity index (χ1v) is 23.0. The van der Waals surface area contributed by atoms with Crippen molar-refractivity contribution in [3.8, 4) is 23.0 Å². The number of amides is 1. The van der Waals surface area contributed by atoms with Gasteiger partial charge >= 0.3 is 6.09 Å². The van der Waals surface area contributed by atoms with Crippen molar-refractivity contribution in [2.75, 3.05) is 33.5 Å². The van der Waals surface area contributed by atoms with Gasteiger partial charge in [0, 0.05) is 49.8 Å². The second-order valence-electron chi connectivity index (χ2n) is 17.0. The van der Waals surface area contributed by atoms with E-state index in [9.17, 15) is 34.3 Å². The normalized spacial score (nSPS) is 21.9. The molecule has 4 aromatic carbocycles. The summed E-state index contributed by atoms with van der Waals surface area (Å²) in [5.41, 5.74) is 3.60. The average molecular weight is 936 g/mol. The van der Waals surface area contributed by atoms with Crippen LogP contribution in [-0.4, -0.2) is 83.5 Å². The number of oxime groups is 1. The van der Waals surface area contributed by atoms with E-state index in [0.717, 1.165) is 17.6 Å². The molecule has 4 aromatic rings. The third kappa shape index (κ3) is 10.9. The molecule has 1 amide bonds. The van der Waals surface area contributed by atoms with Crippen LogP contribution in [0.4, 0.5) is 14.9 Å². The van der Waals surface area contributed by atoms with Crippen LogP contribution in [0.1, 0.15) is 84.8 Å². The second-order valence-corrected chi connectivity index (χ2v) is 17.0. The first-order valence-electron chi connectivity index (χ1n) is 23.0. The van der Waals surface area contributed by atoms with Gasteiger partial charge in [-0.15, -0.1) is 6.58 Å². The molecule has 7 rings (SSSR count). The van der Waals surface area contributed by atoms with Gasteiger partial charge in [0.05, 0.1) is 42.4 Å². The van der Waals surface area contributed by atoms with Gasteiger partial charge in [-0.25, -0.2) is 9.18 Å². The molecule has 1 aliphatic heterocycles. The van der Waals surface area contributed by atoms with E-state index in [0.29, 0.717) is 83.8 Å². The number of allylic oxidation sites excluding steroid dienone is 1. The predicted octanol–water partition coefficient (Wildman–Crippen LogP) is 9.84. The van der Waals surface area contributed by atoms with Crippen LogP contribution >= 0.6 is 0 Å². The van der Waals surface area contributed by atoms with Crippen LogP contribution in [0, 0.1) is 33.7 Å². The zero-order chi connectivity index (χ0) is 48.2. The van der Waals surface area contributed by atoms with E-state index < -0.39 is 40.5 Å². The Balaban J connectivity index is 1.44. The van der Waals surface area contributed by atoms with Gasteiger partial charge in [-0.1, -0.05) is 42.3 Å². The summed E-state index contributed by atoms with van der Waals surface area (Å²) < 4.78 is 46.2. The van der Waals surface area contributed by atoms with Crippen molar-refractivity contribution in [2.45, 2.75) is 82.8 Å². The van der Waals surface area contributed by atoms with Crippen LogP contribution in [0.3, 0.4) is 0 Å². The highest BCUT2D eigenvalue weighted by Gasteiger charge is 2.65. The average Bonchev–Trinajstić information content (AvgIpc) is 3.34. The predicted molar refractivity (Wildman–Crippen MR) is 250 cm³/mol. The smallest absolute Gasteiger partial charge is 0.410 e. The number of fused-ring (bicyclic) bond motifs is 2. The van der Waals surface area contributed by atoms with Crippen LogP contribution in [0.25, 0.3) is 0 Å². The number of halogens is 1. The summed E-state index contributed by atoms with van der Waals surface area (Å²) in [5.74, 6) is -1.55. The molecule has 3 aliphatic rings. The van der Waals surface area contributed by atoms with Gasteiger partial charge in [-0.3, -0.25) is 19.8 Å². The summed E-state index contributed by atoms with van der Waals surface area (Å²) in [6, 6.07) is 21.4. The van der Waals surface area contributed by atoms with Gasteiger partial charge in [0.15, 0.2) is 6.29 Å². The largest absolute Gasteiger partial charge is 0.496 e. The Hall–Kier alpha value is -6.62. The third-order valence-electron chi connectivity index (χ3n) is 12.9. The molecular formula is C52H58FN3O12. The van der Waals surface area contributed by atoms with Gasteiger partial charge in [-0.2, -0.15) is 0 Å². The minimum atomic E-state index is -1.62. The molecule has 16 heteroatoms. The van der Waals surface area contributed by atoms with E-state index in [1.54, 1.807) is 66.4 Å². The lowest BCUT2D eigenvalue weighted by Crippen LogP contribution is -2.70. The zero-order valence-corrected chi connectivity index (χ0v) is 38.3. The number of aliphatic hydroxyl groups is 2. The molecule has 15 nitrogen and oxygen atoms in total. The molecule has 0 saturated heterocycles. The van der Waals surface area contributed by atoms with Crippen molar-refractivity contribution in [2.24, 2.45) is 22.9 Å². The maximum atomic E-state index is 14.5. The number of unbranched alkanes of at least 4 members (excludes halogenated alkanes) is 2. The van der Waals surface area contributed by atoms with E-state index in [1.807, 2.05) is 12.1 Å². The molecular weight excluding hydrogens is 878 g/mol. The number of methoxy groups -OCH3 is 1. The number of aldehydes is 1. The fourth-order valence-corrected chi connectivity index (χ4v) is 9.91. The lowest BCUT2D eigenvalue weighted by Gasteiger charge is -2.59. The highest BCUT2D eigenvalue weighted by atomic mass is 19.1. The number of carbonyl (C=O) groups is 2. The van der Waals surface area contributed by atoms with Gasteiger partial charge in [-0.05, 0) is 122 Å². The van der Waals surface area contributed by atoms with Crippen LogP contribution in [0.15, 0.2) is 114 Å². The number of nitrogens with zero attached hydrogens (tertiary/aromatic N) is 3.